The average Bonchev–Trinajstić information content (AvgIpc) is 3.08. The zero-order chi connectivity index (χ0) is 18.5. The van der Waals surface area contributed by atoms with E-state index in [2.05, 4.69) is 15.5 Å². The third kappa shape index (κ3) is 4.65. The normalized spacial score (nSPS) is 10.7. The first-order chi connectivity index (χ1) is 12.5. The van der Waals surface area contributed by atoms with Gasteiger partial charge in [0.1, 0.15) is 0 Å². The standard InChI is InChI=1S/C19H18ClN3O2S/c1-12-5-3-8-16(13(12)2)21-17(24)10-26-11-18-22-19(23-25-18)14-6-4-7-15(20)9-14/h3-9H,10-11H2,1-2H3,(H,21,24). The van der Waals surface area contributed by atoms with Gasteiger partial charge in [0, 0.05) is 16.3 Å². The van der Waals surface area contributed by atoms with Crippen molar-refractivity contribution in [1.82, 2.24) is 10.1 Å². The van der Waals surface area contributed by atoms with Crippen LogP contribution in [0.15, 0.2) is 47.0 Å². The van der Waals surface area contributed by atoms with Crippen LogP contribution in [0.25, 0.3) is 11.4 Å². The molecule has 0 aliphatic rings. The van der Waals surface area contributed by atoms with E-state index in [1.807, 2.05) is 44.2 Å². The molecule has 0 radical (unpaired) electrons. The van der Waals surface area contributed by atoms with Gasteiger partial charge in [-0.15, -0.1) is 11.8 Å². The molecule has 7 heteroatoms. The molecule has 0 fully saturated rings. The quantitative estimate of drug-likeness (QED) is 0.652. The number of anilines is 1. The molecule has 1 amide bonds. The minimum Gasteiger partial charge on any atom is -0.338 e. The number of rotatable bonds is 6. The average molecular weight is 388 g/mol. The number of benzene rings is 2. The summed E-state index contributed by atoms with van der Waals surface area (Å²) in [6, 6.07) is 13.1. The lowest BCUT2D eigenvalue weighted by Crippen LogP contribution is -2.15. The van der Waals surface area contributed by atoms with E-state index in [-0.39, 0.29) is 5.91 Å². The number of aryl methyl sites for hydroxylation is 1. The monoisotopic (exact) mass is 387 g/mol. The fourth-order valence-electron chi connectivity index (χ4n) is 2.36. The zero-order valence-electron chi connectivity index (χ0n) is 14.5. The highest BCUT2D eigenvalue weighted by Gasteiger charge is 2.11. The largest absolute Gasteiger partial charge is 0.338 e. The van der Waals surface area contributed by atoms with Crippen LogP contribution in [0.2, 0.25) is 5.02 Å². The molecule has 1 aromatic heterocycles. The molecule has 0 saturated carbocycles. The molecular weight excluding hydrogens is 370 g/mol. The van der Waals surface area contributed by atoms with Gasteiger partial charge in [-0.1, -0.05) is 41.0 Å². The van der Waals surface area contributed by atoms with Gasteiger partial charge >= 0.3 is 0 Å². The van der Waals surface area contributed by atoms with Crippen molar-refractivity contribution in [3.63, 3.8) is 0 Å². The number of thioether (sulfide) groups is 1. The molecule has 3 rings (SSSR count). The highest BCUT2D eigenvalue weighted by Crippen LogP contribution is 2.22. The van der Waals surface area contributed by atoms with E-state index in [4.69, 9.17) is 16.1 Å². The van der Waals surface area contributed by atoms with Crippen LogP contribution < -0.4 is 5.32 Å². The van der Waals surface area contributed by atoms with Crippen molar-refractivity contribution in [3.8, 4) is 11.4 Å². The van der Waals surface area contributed by atoms with E-state index in [1.165, 1.54) is 11.8 Å². The number of hydrogen-bond acceptors (Lipinski definition) is 5. The number of nitrogens with zero attached hydrogens (tertiary/aromatic N) is 2. The van der Waals surface area contributed by atoms with Crippen molar-refractivity contribution in [2.75, 3.05) is 11.1 Å². The minimum absolute atomic E-state index is 0.0571. The Bertz CT molecular complexity index is 927. The predicted octanol–water partition coefficient (Wildman–Crippen LogP) is 4.88. The molecule has 134 valence electrons. The summed E-state index contributed by atoms with van der Waals surface area (Å²) in [4.78, 5) is 16.5. The van der Waals surface area contributed by atoms with Gasteiger partial charge in [-0.2, -0.15) is 4.98 Å². The summed E-state index contributed by atoms with van der Waals surface area (Å²) in [5.41, 5.74) is 3.87. The molecule has 1 heterocycles. The molecule has 0 bridgehead atoms. The topological polar surface area (TPSA) is 68.0 Å². The van der Waals surface area contributed by atoms with Crippen LogP contribution in [-0.4, -0.2) is 21.8 Å². The van der Waals surface area contributed by atoms with Crippen molar-refractivity contribution in [3.05, 3.63) is 64.5 Å². The van der Waals surface area contributed by atoms with Gasteiger partial charge in [0.2, 0.25) is 17.6 Å². The van der Waals surface area contributed by atoms with Crippen LogP contribution in [0.3, 0.4) is 0 Å². The summed E-state index contributed by atoms with van der Waals surface area (Å²) in [6.07, 6.45) is 0. The zero-order valence-corrected chi connectivity index (χ0v) is 16.0. The lowest BCUT2D eigenvalue weighted by molar-refractivity contribution is -0.113. The highest BCUT2D eigenvalue weighted by molar-refractivity contribution is 7.99. The lowest BCUT2D eigenvalue weighted by atomic mass is 10.1. The second kappa shape index (κ2) is 8.38. The first-order valence-electron chi connectivity index (χ1n) is 8.05. The SMILES string of the molecule is Cc1cccc(NC(=O)CSCc2nc(-c3cccc(Cl)c3)no2)c1C. The van der Waals surface area contributed by atoms with Crippen molar-refractivity contribution < 1.29 is 9.32 Å². The Labute approximate surface area is 161 Å². The minimum atomic E-state index is -0.0571. The molecule has 5 nitrogen and oxygen atoms in total. The molecule has 0 spiro atoms. The highest BCUT2D eigenvalue weighted by atomic mass is 35.5. The number of carbonyl (C=O) groups excluding carboxylic acids is 1. The third-order valence-electron chi connectivity index (χ3n) is 3.89. The number of hydrogen-bond donors (Lipinski definition) is 1. The summed E-state index contributed by atoms with van der Waals surface area (Å²) in [7, 11) is 0. The maximum absolute atomic E-state index is 12.1. The molecule has 2 aromatic carbocycles. The fourth-order valence-corrected chi connectivity index (χ4v) is 3.20. The summed E-state index contributed by atoms with van der Waals surface area (Å²) in [5.74, 6) is 1.68. The first-order valence-corrected chi connectivity index (χ1v) is 9.58. The Hall–Kier alpha value is -2.31. The first kappa shape index (κ1) is 18.5. The van der Waals surface area contributed by atoms with Gasteiger partial charge in [-0.05, 0) is 43.2 Å². The van der Waals surface area contributed by atoms with E-state index < -0.39 is 0 Å². The lowest BCUT2D eigenvalue weighted by Gasteiger charge is -2.09. The molecule has 1 N–H and O–H groups in total. The Balaban J connectivity index is 1.52. The van der Waals surface area contributed by atoms with Gasteiger partial charge in [0.05, 0.1) is 11.5 Å². The van der Waals surface area contributed by atoms with Crippen LogP contribution in [0.1, 0.15) is 17.0 Å². The van der Waals surface area contributed by atoms with E-state index >= 15 is 0 Å². The van der Waals surface area contributed by atoms with Crippen LogP contribution in [-0.2, 0) is 10.5 Å². The van der Waals surface area contributed by atoms with Crippen LogP contribution >= 0.6 is 23.4 Å². The maximum atomic E-state index is 12.1. The van der Waals surface area contributed by atoms with Crippen LogP contribution in [0.4, 0.5) is 5.69 Å². The summed E-state index contributed by atoms with van der Waals surface area (Å²) < 4.78 is 5.24. The maximum Gasteiger partial charge on any atom is 0.236 e. The Morgan fingerprint density at radius 3 is 2.85 bits per heavy atom. The molecule has 0 aliphatic carbocycles. The van der Waals surface area contributed by atoms with Crippen molar-refractivity contribution in [2.24, 2.45) is 0 Å². The van der Waals surface area contributed by atoms with E-state index in [0.29, 0.717) is 28.2 Å². The Morgan fingerprint density at radius 1 is 1.23 bits per heavy atom. The number of halogens is 1. The predicted molar refractivity (Wildman–Crippen MR) is 105 cm³/mol. The molecule has 0 aliphatic heterocycles. The molecule has 0 unspecified atom stereocenters. The number of carbonyl (C=O) groups is 1. The van der Waals surface area contributed by atoms with E-state index in [1.54, 1.807) is 12.1 Å². The van der Waals surface area contributed by atoms with Gasteiger partial charge < -0.3 is 9.84 Å². The third-order valence-corrected chi connectivity index (χ3v) is 5.04. The molecule has 26 heavy (non-hydrogen) atoms. The molecular formula is C19H18ClN3O2S. The number of amides is 1. The number of aromatic nitrogens is 2. The van der Waals surface area contributed by atoms with Gasteiger partial charge in [0.25, 0.3) is 0 Å². The second-order valence-corrected chi connectivity index (χ2v) is 7.23. The van der Waals surface area contributed by atoms with Gasteiger partial charge in [0.15, 0.2) is 0 Å². The molecule has 3 aromatic rings. The summed E-state index contributed by atoms with van der Waals surface area (Å²) >= 11 is 7.39. The molecule has 0 atom stereocenters. The van der Waals surface area contributed by atoms with Crippen molar-refractivity contribution >= 4 is 35.0 Å². The Kier molecular flexibility index (Phi) is 5.96. The van der Waals surface area contributed by atoms with Crippen LogP contribution in [0, 0.1) is 13.8 Å². The summed E-state index contributed by atoms with van der Waals surface area (Å²) in [6.45, 7) is 4.01. The van der Waals surface area contributed by atoms with Crippen LogP contribution in [0.5, 0.6) is 0 Å². The summed E-state index contributed by atoms with van der Waals surface area (Å²) in [5, 5.41) is 7.51. The Morgan fingerprint density at radius 2 is 2.04 bits per heavy atom. The van der Waals surface area contributed by atoms with E-state index in [0.717, 1.165) is 22.4 Å². The fraction of sp³-hybridized carbons (Fsp3) is 0.211. The van der Waals surface area contributed by atoms with Crippen molar-refractivity contribution in [1.29, 1.82) is 0 Å². The van der Waals surface area contributed by atoms with E-state index in [9.17, 15) is 4.79 Å². The van der Waals surface area contributed by atoms with Gasteiger partial charge in [-0.25, -0.2) is 0 Å². The van der Waals surface area contributed by atoms with Gasteiger partial charge in [-0.3, -0.25) is 4.79 Å². The van der Waals surface area contributed by atoms with Crippen molar-refractivity contribution in [2.45, 2.75) is 19.6 Å². The smallest absolute Gasteiger partial charge is 0.236 e. The second-order valence-electron chi connectivity index (χ2n) is 5.81. The molecule has 0 saturated heterocycles. The number of nitrogens with one attached hydrogen (secondary N) is 1.